The molecule has 0 atom stereocenters. The Kier molecular flexibility index (Phi) is 6.96. The third kappa shape index (κ3) is 5.03. The normalized spacial score (nSPS) is 14.8. The number of hydrogen-bond donors (Lipinski definition) is 0. The van der Waals surface area contributed by atoms with E-state index in [4.69, 9.17) is 4.74 Å². The van der Waals surface area contributed by atoms with E-state index in [0.717, 1.165) is 11.1 Å². The van der Waals surface area contributed by atoms with E-state index in [-0.39, 0.29) is 33.4 Å². The molecule has 0 amide bonds. The molecule has 9 heteroatoms. The summed E-state index contributed by atoms with van der Waals surface area (Å²) in [5.41, 5.74) is 3.37. The van der Waals surface area contributed by atoms with Gasteiger partial charge in [0.1, 0.15) is 5.75 Å². The van der Waals surface area contributed by atoms with Gasteiger partial charge in [-0.15, -0.1) is 0 Å². The summed E-state index contributed by atoms with van der Waals surface area (Å²) < 4.78 is 63.9. The third-order valence-corrected chi connectivity index (χ3v) is 10.1. The van der Waals surface area contributed by atoms with Gasteiger partial charge in [0.15, 0.2) is 0 Å². The molecule has 200 valence electrons. The van der Waals surface area contributed by atoms with Crippen LogP contribution in [-0.4, -0.2) is 30.5 Å². The minimum absolute atomic E-state index is 0.110. The summed E-state index contributed by atoms with van der Waals surface area (Å²) in [6, 6.07) is 27.0. The molecule has 0 spiro atoms. The molecule has 0 fully saturated rings. The van der Waals surface area contributed by atoms with Crippen molar-refractivity contribution in [1.29, 1.82) is 0 Å². The van der Waals surface area contributed by atoms with E-state index in [1.807, 2.05) is 13.8 Å². The van der Waals surface area contributed by atoms with Crippen LogP contribution >= 0.6 is 0 Å². The van der Waals surface area contributed by atoms with Crippen molar-refractivity contribution in [2.75, 3.05) is 22.3 Å². The van der Waals surface area contributed by atoms with Crippen LogP contribution in [0.25, 0.3) is 6.08 Å². The molecule has 0 N–H and O–H groups in total. The minimum atomic E-state index is -4.09. The van der Waals surface area contributed by atoms with Crippen LogP contribution in [0.4, 0.5) is 11.4 Å². The summed E-state index contributed by atoms with van der Waals surface area (Å²) in [5, 5.41) is 0. The number of methoxy groups -OCH3 is 1. The predicted molar refractivity (Wildman–Crippen MR) is 154 cm³/mol. The van der Waals surface area contributed by atoms with Gasteiger partial charge < -0.3 is 4.74 Å². The Labute approximate surface area is 229 Å². The summed E-state index contributed by atoms with van der Waals surface area (Å²) >= 11 is 0. The second-order valence-corrected chi connectivity index (χ2v) is 13.0. The molecule has 5 rings (SSSR count). The molecular weight excluding hydrogens is 532 g/mol. The van der Waals surface area contributed by atoms with Crippen LogP contribution in [0.5, 0.6) is 5.75 Å². The molecule has 0 unspecified atom stereocenters. The summed E-state index contributed by atoms with van der Waals surface area (Å²) in [6.45, 7) is 3.58. The van der Waals surface area contributed by atoms with Crippen LogP contribution in [0, 0.1) is 13.8 Å². The van der Waals surface area contributed by atoms with Gasteiger partial charge in [-0.3, -0.25) is 4.31 Å². The fourth-order valence-electron chi connectivity index (χ4n) is 4.45. The van der Waals surface area contributed by atoms with Crippen molar-refractivity contribution in [2.45, 2.75) is 23.6 Å². The Morgan fingerprint density at radius 3 is 1.72 bits per heavy atom. The van der Waals surface area contributed by atoms with Gasteiger partial charge >= 0.3 is 0 Å². The molecule has 39 heavy (non-hydrogen) atoms. The highest BCUT2D eigenvalue weighted by Gasteiger charge is 2.39. The van der Waals surface area contributed by atoms with E-state index in [2.05, 4.69) is 0 Å². The maximum absolute atomic E-state index is 14.1. The Balaban J connectivity index is 1.73. The summed E-state index contributed by atoms with van der Waals surface area (Å²) in [4.78, 5) is 0.236. The lowest BCUT2D eigenvalue weighted by molar-refractivity contribution is 0.415. The standard InChI is InChI=1S/C30H28N2O5S2/c1-22-8-16-27(17-9-22)38(33,34)31-21-25(20-24-12-14-26(37-3)15-13-24)32(30-7-5-4-6-29(30)31)39(35,36)28-18-10-23(2)11-19-28/h4-20H,21H2,1-3H3. The lowest BCUT2D eigenvalue weighted by atomic mass is 10.1. The molecule has 4 aromatic rings. The van der Waals surface area contributed by atoms with Gasteiger partial charge in [0.25, 0.3) is 20.0 Å². The molecule has 0 bridgehead atoms. The van der Waals surface area contributed by atoms with Gasteiger partial charge in [-0.05, 0) is 74.0 Å². The SMILES string of the molecule is COc1ccc(C=C2CN(S(=O)(=O)c3ccc(C)cc3)c3ccccc3N2S(=O)(=O)c2ccc(C)cc2)cc1. The Bertz CT molecular complexity index is 1750. The zero-order chi connectivity index (χ0) is 27.8. The summed E-state index contributed by atoms with van der Waals surface area (Å²) in [7, 11) is -6.55. The van der Waals surface area contributed by atoms with Crippen LogP contribution < -0.4 is 13.3 Å². The first-order valence-corrected chi connectivity index (χ1v) is 15.1. The van der Waals surface area contributed by atoms with E-state index in [0.29, 0.717) is 11.3 Å². The highest BCUT2D eigenvalue weighted by molar-refractivity contribution is 7.93. The van der Waals surface area contributed by atoms with E-state index in [1.54, 1.807) is 110 Å². The van der Waals surface area contributed by atoms with E-state index >= 15 is 0 Å². The average Bonchev–Trinajstić information content (AvgIpc) is 2.93. The quantitative estimate of drug-likeness (QED) is 0.300. The molecule has 0 aromatic heterocycles. The van der Waals surface area contributed by atoms with Crippen LogP contribution in [0.3, 0.4) is 0 Å². The van der Waals surface area contributed by atoms with Crippen LogP contribution in [-0.2, 0) is 20.0 Å². The first kappa shape index (κ1) is 26.5. The van der Waals surface area contributed by atoms with E-state index in [9.17, 15) is 16.8 Å². The number of fused-ring (bicyclic) bond motifs is 1. The van der Waals surface area contributed by atoms with Gasteiger partial charge in [-0.2, -0.15) is 0 Å². The van der Waals surface area contributed by atoms with Gasteiger partial charge in [-0.1, -0.05) is 59.7 Å². The molecule has 4 aromatic carbocycles. The second kappa shape index (κ2) is 10.2. The lowest BCUT2D eigenvalue weighted by Gasteiger charge is -2.39. The lowest BCUT2D eigenvalue weighted by Crippen LogP contribution is -2.44. The number of aryl methyl sites for hydroxylation is 2. The number of nitrogens with zero attached hydrogens (tertiary/aromatic N) is 2. The Hall–Kier alpha value is -4.08. The zero-order valence-electron chi connectivity index (χ0n) is 21.8. The first-order chi connectivity index (χ1) is 18.6. The minimum Gasteiger partial charge on any atom is -0.497 e. The number of benzene rings is 4. The molecule has 7 nitrogen and oxygen atoms in total. The van der Waals surface area contributed by atoms with Crippen molar-refractivity contribution in [2.24, 2.45) is 0 Å². The Morgan fingerprint density at radius 2 is 1.18 bits per heavy atom. The van der Waals surface area contributed by atoms with Gasteiger partial charge in [0, 0.05) is 0 Å². The molecule has 1 aliphatic heterocycles. The predicted octanol–water partition coefficient (Wildman–Crippen LogP) is 5.76. The van der Waals surface area contributed by atoms with E-state index < -0.39 is 20.0 Å². The number of para-hydroxylation sites is 2. The smallest absolute Gasteiger partial charge is 0.268 e. The van der Waals surface area contributed by atoms with Crippen LogP contribution in [0.1, 0.15) is 16.7 Å². The van der Waals surface area contributed by atoms with Gasteiger partial charge in [-0.25, -0.2) is 21.1 Å². The van der Waals surface area contributed by atoms with Crippen molar-refractivity contribution >= 4 is 37.5 Å². The van der Waals surface area contributed by atoms with Gasteiger partial charge in [0.2, 0.25) is 0 Å². The maximum Gasteiger partial charge on any atom is 0.268 e. The second-order valence-electron chi connectivity index (χ2n) is 9.30. The molecule has 1 heterocycles. The molecule has 0 aliphatic carbocycles. The molecule has 0 saturated carbocycles. The molecular formula is C30H28N2O5S2. The third-order valence-electron chi connectivity index (χ3n) is 6.55. The van der Waals surface area contributed by atoms with Crippen molar-refractivity contribution in [1.82, 2.24) is 0 Å². The van der Waals surface area contributed by atoms with Crippen molar-refractivity contribution in [3.05, 3.63) is 119 Å². The fraction of sp³-hybridized carbons (Fsp3) is 0.133. The largest absolute Gasteiger partial charge is 0.497 e. The monoisotopic (exact) mass is 560 g/mol. The fourth-order valence-corrected chi connectivity index (χ4v) is 7.42. The van der Waals surface area contributed by atoms with E-state index in [1.165, 1.54) is 8.61 Å². The first-order valence-electron chi connectivity index (χ1n) is 12.3. The van der Waals surface area contributed by atoms with Crippen LogP contribution in [0.15, 0.2) is 113 Å². The number of ether oxygens (including phenoxy) is 1. The summed E-state index contributed by atoms with van der Waals surface area (Å²) in [5.74, 6) is 0.652. The van der Waals surface area contributed by atoms with Crippen LogP contribution in [0.2, 0.25) is 0 Å². The topological polar surface area (TPSA) is 84.0 Å². The molecule has 1 aliphatic rings. The molecule has 0 radical (unpaired) electrons. The van der Waals surface area contributed by atoms with Crippen molar-refractivity contribution in [3.8, 4) is 5.75 Å². The van der Waals surface area contributed by atoms with Crippen molar-refractivity contribution in [3.63, 3.8) is 0 Å². The number of sulfonamides is 2. The summed E-state index contributed by atoms with van der Waals surface area (Å²) in [6.07, 6.45) is 1.69. The highest BCUT2D eigenvalue weighted by atomic mass is 32.2. The number of hydrogen-bond acceptors (Lipinski definition) is 5. The average molecular weight is 561 g/mol. The zero-order valence-corrected chi connectivity index (χ0v) is 23.4. The van der Waals surface area contributed by atoms with Gasteiger partial charge in [0.05, 0.1) is 40.5 Å². The number of rotatable bonds is 6. The molecule has 0 saturated heterocycles. The highest BCUT2D eigenvalue weighted by Crippen LogP contribution is 2.43. The van der Waals surface area contributed by atoms with Crippen molar-refractivity contribution < 1.29 is 21.6 Å². The maximum atomic E-state index is 14.1. The number of anilines is 2. The Morgan fingerprint density at radius 1 is 0.667 bits per heavy atom.